The second kappa shape index (κ2) is 2.93. The SMILES string of the molecule is Fc1[c]c(C(F)(F)F)c(F)cc1F. The van der Waals surface area contributed by atoms with Crippen LogP contribution in [-0.4, -0.2) is 0 Å². The zero-order chi connectivity index (χ0) is 10.2. The topological polar surface area (TPSA) is 0 Å². The fourth-order valence-corrected chi connectivity index (χ4v) is 0.682. The summed E-state index contributed by atoms with van der Waals surface area (Å²) in [5.41, 5.74) is -1.94. The highest BCUT2D eigenvalue weighted by molar-refractivity contribution is 5.21. The Balaban J connectivity index is 3.32. The molecule has 0 heterocycles. The second-order valence-electron chi connectivity index (χ2n) is 2.15. The molecule has 0 amide bonds. The lowest BCUT2D eigenvalue weighted by Crippen LogP contribution is -2.09. The first-order valence-electron chi connectivity index (χ1n) is 2.96. The average molecular weight is 199 g/mol. The molecule has 0 bridgehead atoms. The van der Waals surface area contributed by atoms with Crippen LogP contribution in [0.3, 0.4) is 0 Å². The van der Waals surface area contributed by atoms with E-state index in [2.05, 4.69) is 0 Å². The molecule has 0 nitrogen and oxygen atoms in total. The van der Waals surface area contributed by atoms with E-state index in [-0.39, 0.29) is 6.07 Å². The molecule has 1 aromatic carbocycles. The Kier molecular flexibility index (Phi) is 2.23. The van der Waals surface area contributed by atoms with Crippen molar-refractivity contribution < 1.29 is 26.3 Å². The van der Waals surface area contributed by atoms with Crippen molar-refractivity contribution in [3.05, 3.63) is 35.1 Å². The van der Waals surface area contributed by atoms with E-state index in [1.54, 1.807) is 0 Å². The number of hydrogen-bond donors (Lipinski definition) is 0. The van der Waals surface area contributed by atoms with Crippen LogP contribution in [0.2, 0.25) is 0 Å². The zero-order valence-electron chi connectivity index (χ0n) is 5.85. The number of hydrogen-bond acceptors (Lipinski definition) is 0. The van der Waals surface area contributed by atoms with Gasteiger partial charge in [0, 0.05) is 12.1 Å². The third kappa shape index (κ3) is 1.93. The molecule has 1 aromatic rings. The predicted molar refractivity (Wildman–Crippen MR) is 30.2 cm³/mol. The monoisotopic (exact) mass is 199 g/mol. The standard InChI is InChI=1S/C7HF6/c8-4-2-6(10)5(9)1-3(4)7(11,12)13/h2H. The average Bonchev–Trinajstić information content (AvgIpc) is 1.94. The maximum atomic E-state index is 12.4. The minimum Gasteiger partial charge on any atom is -0.206 e. The molecule has 0 aliphatic carbocycles. The Morgan fingerprint density at radius 2 is 1.54 bits per heavy atom. The molecule has 1 rings (SSSR count). The summed E-state index contributed by atoms with van der Waals surface area (Å²) in [4.78, 5) is 0. The van der Waals surface area contributed by atoms with Gasteiger partial charge in [0.05, 0.1) is 0 Å². The Hall–Kier alpha value is -1.20. The largest absolute Gasteiger partial charge is 0.419 e. The summed E-state index contributed by atoms with van der Waals surface area (Å²) in [6.07, 6.45) is -5.07. The fourth-order valence-electron chi connectivity index (χ4n) is 0.682. The van der Waals surface area contributed by atoms with Crippen LogP contribution in [0.25, 0.3) is 0 Å². The quantitative estimate of drug-likeness (QED) is 0.445. The van der Waals surface area contributed by atoms with Crippen molar-refractivity contribution in [3.8, 4) is 0 Å². The van der Waals surface area contributed by atoms with Gasteiger partial charge in [-0.15, -0.1) is 0 Å². The van der Waals surface area contributed by atoms with Crippen molar-refractivity contribution >= 4 is 0 Å². The highest BCUT2D eigenvalue weighted by atomic mass is 19.4. The van der Waals surface area contributed by atoms with E-state index >= 15 is 0 Å². The lowest BCUT2D eigenvalue weighted by atomic mass is 10.2. The first kappa shape index (κ1) is 9.88. The van der Waals surface area contributed by atoms with Crippen molar-refractivity contribution in [1.82, 2.24) is 0 Å². The van der Waals surface area contributed by atoms with E-state index in [1.165, 1.54) is 0 Å². The van der Waals surface area contributed by atoms with Gasteiger partial charge in [0.15, 0.2) is 11.6 Å². The number of rotatable bonds is 0. The van der Waals surface area contributed by atoms with Gasteiger partial charge in [-0.25, -0.2) is 13.2 Å². The molecule has 0 atom stereocenters. The van der Waals surface area contributed by atoms with Crippen molar-refractivity contribution in [2.45, 2.75) is 6.18 Å². The predicted octanol–water partition coefficient (Wildman–Crippen LogP) is 2.92. The van der Waals surface area contributed by atoms with E-state index in [0.29, 0.717) is 0 Å². The maximum absolute atomic E-state index is 12.4. The van der Waals surface area contributed by atoms with Crippen LogP contribution in [0.1, 0.15) is 5.56 Å². The van der Waals surface area contributed by atoms with Crippen LogP contribution in [0.5, 0.6) is 0 Å². The maximum Gasteiger partial charge on any atom is 0.419 e. The summed E-state index contributed by atoms with van der Waals surface area (Å²) in [6.45, 7) is 0. The van der Waals surface area contributed by atoms with Gasteiger partial charge in [0.25, 0.3) is 0 Å². The lowest BCUT2D eigenvalue weighted by molar-refractivity contribution is -0.140. The van der Waals surface area contributed by atoms with Crippen LogP contribution < -0.4 is 0 Å². The van der Waals surface area contributed by atoms with Gasteiger partial charge in [0.1, 0.15) is 11.4 Å². The molecular weight excluding hydrogens is 198 g/mol. The Labute approximate surface area is 68.8 Å². The molecule has 6 heteroatoms. The minimum atomic E-state index is -5.07. The van der Waals surface area contributed by atoms with E-state index in [1.807, 2.05) is 0 Å². The molecular formula is C7HF6. The van der Waals surface area contributed by atoms with Crippen molar-refractivity contribution in [2.75, 3.05) is 0 Å². The van der Waals surface area contributed by atoms with Crippen LogP contribution in [-0.2, 0) is 6.18 Å². The molecule has 0 N–H and O–H groups in total. The second-order valence-corrected chi connectivity index (χ2v) is 2.15. The lowest BCUT2D eigenvalue weighted by Gasteiger charge is -2.06. The first-order chi connectivity index (χ1) is 5.82. The van der Waals surface area contributed by atoms with Crippen molar-refractivity contribution in [2.24, 2.45) is 0 Å². The van der Waals surface area contributed by atoms with Gasteiger partial charge in [0.2, 0.25) is 0 Å². The van der Waals surface area contributed by atoms with Gasteiger partial charge in [-0.1, -0.05) is 0 Å². The first-order valence-corrected chi connectivity index (χ1v) is 2.96. The third-order valence-corrected chi connectivity index (χ3v) is 1.22. The van der Waals surface area contributed by atoms with Crippen LogP contribution in [0.15, 0.2) is 6.07 Å². The Morgan fingerprint density at radius 3 is 2.00 bits per heavy atom. The third-order valence-electron chi connectivity index (χ3n) is 1.22. The summed E-state index contributed by atoms with van der Waals surface area (Å²) >= 11 is 0. The van der Waals surface area contributed by atoms with E-state index in [4.69, 9.17) is 0 Å². The van der Waals surface area contributed by atoms with Crippen molar-refractivity contribution in [1.29, 1.82) is 0 Å². The van der Waals surface area contributed by atoms with Crippen LogP contribution >= 0.6 is 0 Å². The Bertz CT molecular complexity index is 326. The molecule has 0 fully saturated rings. The van der Waals surface area contributed by atoms with Gasteiger partial charge in [-0.05, 0) is 0 Å². The van der Waals surface area contributed by atoms with Crippen LogP contribution in [0, 0.1) is 23.5 Å². The normalized spacial score (nSPS) is 11.8. The highest BCUT2D eigenvalue weighted by Gasteiger charge is 2.35. The summed E-state index contributed by atoms with van der Waals surface area (Å²) in [5, 5.41) is 0. The molecule has 0 spiro atoms. The molecule has 0 aliphatic rings. The number of halogens is 6. The molecule has 0 aliphatic heterocycles. The van der Waals surface area contributed by atoms with E-state index < -0.39 is 29.2 Å². The van der Waals surface area contributed by atoms with Gasteiger partial charge >= 0.3 is 6.18 Å². The fraction of sp³-hybridized carbons (Fsp3) is 0.143. The summed E-state index contributed by atoms with van der Waals surface area (Å²) < 4.78 is 72.1. The smallest absolute Gasteiger partial charge is 0.206 e. The molecule has 0 unspecified atom stereocenters. The van der Waals surface area contributed by atoms with Gasteiger partial charge in [-0.2, -0.15) is 13.2 Å². The van der Waals surface area contributed by atoms with Gasteiger partial charge in [-0.3, -0.25) is 0 Å². The molecule has 0 saturated carbocycles. The molecule has 0 aromatic heterocycles. The minimum absolute atomic E-state index is 0.172. The molecule has 0 saturated heterocycles. The summed E-state index contributed by atoms with van der Waals surface area (Å²) in [5.74, 6) is -5.44. The molecule has 13 heavy (non-hydrogen) atoms. The summed E-state index contributed by atoms with van der Waals surface area (Å²) in [6, 6.07) is 0.770. The van der Waals surface area contributed by atoms with Gasteiger partial charge < -0.3 is 0 Å². The van der Waals surface area contributed by atoms with E-state index in [9.17, 15) is 26.3 Å². The van der Waals surface area contributed by atoms with Crippen molar-refractivity contribution in [3.63, 3.8) is 0 Å². The summed E-state index contributed by atoms with van der Waals surface area (Å²) in [7, 11) is 0. The molecule has 1 radical (unpaired) electrons. The highest BCUT2D eigenvalue weighted by Crippen LogP contribution is 2.31. The van der Waals surface area contributed by atoms with Crippen LogP contribution in [0.4, 0.5) is 26.3 Å². The zero-order valence-corrected chi connectivity index (χ0v) is 5.85. The van der Waals surface area contributed by atoms with E-state index in [0.717, 1.165) is 6.07 Å². The molecule has 71 valence electrons. The Morgan fingerprint density at radius 1 is 1.00 bits per heavy atom. The number of benzene rings is 1. The number of alkyl halides is 3.